The molecule has 17 heavy (non-hydrogen) atoms. The minimum atomic E-state index is -3.05. The van der Waals surface area contributed by atoms with Crippen LogP contribution in [0.4, 0.5) is 0 Å². The first kappa shape index (κ1) is 17.1. The molecular formula is C11H27NO3SSi. The summed E-state index contributed by atoms with van der Waals surface area (Å²) in [4.78, 5) is 0. The smallest absolute Gasteiger partial charge is 0.208 e. The van der Waals surface area contributed by atoms with Crippen molar-refractivity contribution in [1.29, 1.82) is 0 Å². The van der Waals surface area contributed by atoms with Gasteiger partial charge in [0.05, 0.1) is 6.26 Å². The average Bonchev–Trinajstić information content (AvgIpc) is 2.07. The molecular weight excluding hydrogens is 254 g/mol. The summed E-state index contributed by atoms with van der Waals surface area (Å²) < 4.78 is 30.1. The minimum absolute atomic E-state index is 0.234. The van der Waals surface area contributed by atoms with E-state index in [0.717, 1.165) is 19.4 Å². The van der Waals surface area contributed by atoms with Crippen molar-refractivity contribution in [3.05, 3.63) is 0 Å². The van der Waals surface area contributed by atoms with Crippen LogP contribution in [-0.2, 0) is 14.4 Å². The molecule has 0 atom stereocenters. The number of rotatable bonds is 7. The van der Waals surface area contributed by atoms with Crippen molar-refractivity contribution in [3.63, 3.8) is 0 Å². The Bertz CT molecular complexity index is 320. The fraction of sp³-hybridized carbons (Fsp3) is 1.00. The summed E-state index contributed by atoms with van der Waals surface area (Å²) in [5.74, 6) is 0. The van der Waals surface area contributed by atoms with Crippen LogP contribution in [0.5, 0.6) is 0 Å². The van der Waals surface area contributed by atoms with Crippen LogP contribution in [0, 0.1) is 0 Å². The van der Waals surface area contributed by atoms with Crippen LogP contribution in [0.1, 0.15) is 33.6 Å². The van der Waals surface area contributed by atoms with E-state index in [9.17, 15) is 8.42 Å². The third-order valence-electron chi connectivity index (χ3n) is 3.20. The summed E-state index contributed by atoms with van der Waals surface area (Å²) in [5.41, 5.74) is 0. The Morgan fingerprint density at radius 3 is 2.12 bits per heavy atom. The fourth-order valence-corrected chi connectivity index (χ4v) is 2.63. The largest absolute Gasteiger partial charge is 0.417 e. The molecule has 0 amide bonds. The number of unbranched alkanes of at least 4 members (excludes halogenated alkanes) is 1. The quantitative estimate of drug-likeness (QED) is 0.575. The number of nitrogens with one attached hydrogen (secondary N) is 1. The van der Waals surface area contributed by atoms with Gasteiger partial charge in [0.25, 0.3) is 0 Å². The molecule has 0 rings (SSSR count). The lowest BCUT2D eigenvalue weighted by atomic mass is 10.2. The van der Waals surface area contributed by atoms with Gasteiger partial charge < -0.3 is 4.43 Å². The molecule has 6 heteroatoms. The topological polar surface area (TPSA) is 55.4 Å². The second-order valence-electron chi connectivity index (χ2n) is 5.98. The SMILES string of the molecule is CC(C)(C)[Si](C)(C)OCCCCNS(C)(=O)=O. The summed E-state index contributed by atoms with van der Waals surface area (Å²) >= 11 is 0. The Labute approximate surface area is 107 Å². The first-order chi connectivity index (χ1) is 7.46. The van der Waals surface area contributed by atoms with E-state index in [0.29, 0.717) is 6.54 Å². The monoisotopic (exact) mass is 281 g/mol. The van der Waals surface area contributed by atoms with Crippen molar-refractivity contribution in [3.8, 4) is 0 Å². The van der Waals surface area contributed by atoms with Crippen LogP contribution < -0.4 is 4.72 Å². The van der Waals surface area contributed by atoms with Gasteiger partial charge in [-0.1, -0.05) is 20.8 Å². The number of hydrogen-bond acceptors (Lipinski definition) is 3. The van der Waals surface area contributed by atoms with E-state index in [-0.39, 0.29) is 5.04 Å². The van der Waals surface area contributed by atoms with Crippen molar-refractivity contribution in [2.45, 2.75) is 51.7 Å². The molecule has 0 saturated heterocycles. The standard InChI is InChI=1S/C11H27NO3SSi/c1-11(2,3)17(5,6)15-10-8-7-9-12-16(4,13)14/h12H,7-10H2,1-6H3. The van der Waals surface area contributed by atoms with Crippen molar-refractivity contribution >= 4 is 18.3 Å². The summed E-state index contributed by atoms with van der Waals surface area (Å²) in [5, 5.41) is 0.234. The lowest BCUT2D eigenvalue weighted by molar-refractivity contribution is 0.279. The summed E-state index contributed by atoms with van der Waals surface area (Å²) in [6, 6.07) is 0. The zero-order chi connectivity index (χ0) is 13.7. The van der Waals surface area contributed by atoms with Gasteiger partial charge in [-0.2, -0.15) is 0 Å². The van der Waals surface area contributed by atoms with Gasteiger partial charge in [-0.05, 0) is 31.0 Å². The van der Waals surface area contributed by atoms with E-state index < -0.39 is 18.3 Å². The zero-order valence-electron chi connectivity index (χ0n) is 12.0. The summed E-state index contributed by atoms with van der Waals surface area (Å²) in [6.07, 6.45) is 2.90. The van der Waals surface area contributed by atoms with Crippen LogP contribution >= 0.6 is 0 Å². The van der Waals surface area contributed by atoms with Crippen LogP contribution in [0.25, 0.3) is 0 Å². The molecule has 104 valence electrons. The molecule has 4 nitrogen and oxygen atoms in total. The molecule has 0 aromatic carbocycles. The summed E-state index contributed by atoms with van der Waals surface area (Å²) in [7, 11) is -4.69. The number of hydrogen-bond donors (Lipinski definition) is 1. The van der Waals surface area contributed by atoms with Crippen LogP contribution in [0.3, 0.4) is 0 Å². The van der Waals surface area contributed by atoms with E-state index in [1.807, 2.05) is 0 Å². The molecule has 1 N–H and O–H groups in total. The Hall–Kier alpha value is 0.0869. The molecule has 0 aromatic rings. The molecule has 0 aliphatic rings. The van der Waals surface area contributed by atoms with Crippen molar-refractivity contribution in [2.24, 2.45) is 0 Å². The highest BCUT2D eigenvalue weighted by Crippen LogP contribution is 2.36. The highest BCUT2D eigenvalue weighted by molar-refractivity contribution is 7.88. The second-order valence-corrected chi connectivity index (χ2v) is 12.6. The van der Waals surface area contributed by atoms with Gasteiger partial charge in [0.15, 0.2) is 8.32 Å². The third-order valence-corrected chi connectivity index (χ3v) is 8.47. The zero-order valence-corrected chi connectivity index (χ0v) is 13.8. The van der Waals surface area contributed by atoms with Crippen molar-refractivity contribution < 1.29 is 12.8 Å². The lowest BCUT2D eigenvalue weighted by Crippen LogP contribution is -2.41. The molecule has 0 aliphatic heterocycles. The van der Waals surface area contributed by atoms with E-state index in [1.54, 1.807) is 0 Å². The van der Waals surface area contributed by atoms with Crippen LogP contribution in [-0.4, -0.2) is 36.1 Å². The minimum Gasteiger partial charge on any atom is -0.417 e. The van der Waals surface area contributed by atoms with Gasteiger partial charge in [-0.3, -0.25) is 0 Å². The maximum Gasteiger partial charge on any atom is 0.208 e. The van der Waals surface area contributed by atoms with Gasteiger partial charge in [0.1, 0.15) is 0 Å². The van der Waals surface area contributed by atoms with Gasteiger partial charge in [-0.25, -0.2) is 13.1 Å². The molecule has 0 fully saturated rings. The maximum atomic E-state index is 10.8. The molecule has 0 saturated carbocycles. The predicted octanol–water partition coefficient (Wildman–Crippen LogP) is 2.34. The first-order valence-corrected chi connectivity index (χ1v) is 10.8. The first-order valence-electron chi connectivity index (χ1n) is 6.04. The Kier molecular flexibility index (Phi) is 6.34. The van der Waals surface area contributed by atoms with Crippen molar-refractivity contribution in [2.75, 3.05) is 19.4 Å². The molecule has 0 spiro atoms. The molecule has 0 aliphatic carbocycles. The normalized spacial score (nSPS) is 14.0. The lowest BCUT2D eigenvalue weighted by Gasteiger charge is -2.36. The van der Waals surface area contributed by atoms with Gasteiger partial charge in [-0.15, -0.1) is 0 Å². The van der Waals surface area contributed by atoms with Gasteiger partial charge in [0, 0.05) is 13.2 Å². The number of sulfonamides is 1. The third kappa shape index (κ3) is 7.91. The Balaban J connectivity index is 3.73. The highest BCUT2D eigenvalue weighted by atomic mass is 32.2. The molecule has 0 heterocycles. The molecule has 0 radical (unpaired) electrons. The second kappa shape index (κ2) is 6.31. The maximum absolute atomic E-state index is 10.8. The molecule has 0 aromatic heterocycles. The van der Waals surface area contributed by atoms with Crippen molar-refractivity contribution in [1.82, 2.24) is 4.72 Å². The van der Waals surface area contributed by atoms with Crippen LogP contribution in [0.15, 0.2) is 0 Å². The van der Waals surface area contributed by atoms with E-state index in [2.05, 4.69) is 38.6 Å². The average molecular weight is 281 g/mol. The van der Waals surface area contributed by atoms with Crippen LogP contribution in [0.2, 0.25) is 18.1 Å². The van der Waals surface area contributed by atoms with E-state index in [4.69, 9.17) is 4.43 Å². The summed E-state index contributed by atoms with van der Waals surface area (Å²) in [6.45, 7) is 12.3. The fourth-order valence-electron chi connectivity index (χ4n) is 1.03. The van der Waals surface area contributed by atoms with E-state index >= 15 is 0 Å². The van der Waals surface area contributed by atoms with Gasteiger partial charge >= 0.3 is 0 Å². The van der Waals surface area contributed by atoms with E-state index in [1.165, 1.54) is 6.26 Å². The highest BCUT2D eigenvalue weighted by Gasteiger charge is 2.36. The Morgan fingerprint density at radius 2 is 1.71 bits per heavy atom. The Morgan fingerprint density at radius 1 is 1.18 bits per heavy atom. The molecule has 0 bridgehead atoms. The predicted molar refractivity (Wildman–Crippen MR) is 75.2 cm³/mol. The van der Waals surface area contributed by atoms with Gasteiger partial charge in [0.2, 0.25) is 10.0 Å². The molecule has 0 unspecified atom stereocenters.